The second kappa shape index (κ2) is 7.46. The molecule has 2 aromatic rings. The van der Waals surface area contributed by atoms with Gasteiger partial charge >= 0.3 is 6.03 Å². The number of imide groups is 1. The standard InChI is InChI=1S/C21H21N3O5/c1-2-10-21(14-6-4-3-5-7-14)19(26)24(20(27)23-21)12-18(25)22-15-8-9-16-17(11-15)29-13-28-16/h3-9,11H,2,10,12-13H2,1H3,(H,22,25)(H,23,27). The minimum Gasteiger partial charge on any atom is -0.454 e. The monoisotopic (exact) mass is 395 g/mol. The average molecular weight is 395 g/mol. The third kappa shape index (κ3) is 3.37. The van der Waals surface area contributed by atoms with Gasteiger partial charge in [-0.1, -0.05) is 43.7 Å². The van der Waals surface area contributed by atoms with Gasteiger partial charge in [0.1, 0.15) is 12.1 Å². The highest BCUT2D eigenvalue weighted by Gasteiger charge is 2.52. The number of nitrogens with one attached hydrogen (secondary N) is 2. The SMILES string of the molecule is CCCC1(c2ccccc2)NC(=O)N(CC(=O)Nc2ccc3c(c2)OCO3)C1=O. The first-order valence-electron chi connectivity index (χ1n) is 9.42. The molecule has 1 fully saturated rings. The highest BCUT2D eigenvalue weighted by Crippen LogP contribution is 2.35. The van der Waals surface area contributed by atoms with Crippen molar-refractivity contribution < 1.29 is 23.9 Å². The summed E-state index contributed by atoms with van der Waals surface area (Å²) in [4.78, 5) is 39.2. The van der Waals surface area contributed by atoms with Gasteiger partial charge in [-0.2, -0.15) is 0 Å². The maximum Gasteiger partial charge on any atom is 0.325 e. The lowest BCUT2D eigenvalue weighted by Crippen LogP contribution is -2.44. The topological polar surface area (TPSA) is 97.0 Å². The van der Waals surface area contributed by atoms with Gasteiger partial charge in [0.15, 0.2) is 11.5 Å². The number of urea groups is 1. The molecule has 0 aliphatic carbocycles. The molecule has 2 aromatic carbocycles. The number of nitrogens with zero attached hydrogens (tertiary/aromatic N) is 1. The average Bonchev–Trinajstić information content (AvgIpc) is 3.27. The number of rotatable bonds is 6. The third-order valence-corrected chi connectivity index (χ3v) is 5.03. The van der Waals surface area contributed by atoms with E-state index in [4.69, 9.17) is 9.47 Å². The molecule has 1 unspecified atom stereocenters. The van der Waals surface area contributed by atoms with Gasteiger partial charge < -0.3 is 20.1 Å². The van der Waals surface area contributed by atoms with E-state index in [0.717, 1.165) is 4.90 Å². The molecule has 0 spiro atoms. The molecule has 2 aliphatic heterocycles. The summed E-state index contributed by atoms with van der Waals surface area (Å²) in [5, 5.41) is 5.50. The van der Waals surface area contributed by atoms with Gasteiger partial charge in [0, 0.05) is 11.8 Å². The van der Waals surface area contributed by atoms with Gasteiger partial charge in [0.2, 0.25) is 12.7 Å². The number of carbonyl (C=O) groups excluding carboxylic acids is 3. The number of carbonyl (C=O) groups is 3. The van der Waals surface area contributed by atoms with Crippen molar-refractivity contribution in [2.45, 2.75) is 25.3 Å². The number of hydrogen-bond acceptors (Lipinski definition) is 5. The zero-order valence-corrected chi connectivity index (χ0v) is 15.9. The molecule has 8 heteroatoms. The van der Waals surface area contributed by atoms with E-state index in [2.05, 4.69) is 10.6 Å². The van der Waals surface area contributed by atoms with Crippen molar-refractivity contribution in [2.24, 2.45) is 0 Å². The molecule has 1 atom stereocenters. The summed E-state index contributed by atoms with van der Waals surface area (Å²) in [6.45, 7) is 1.70. The molecule has 0 saturated carbocycles. The molecular formula is C21H21N3O5. The number of ether oxygens (including phenoxy) is 2. The van der Waals surface area contributed by atoms with Crippen LogP contribution in [-0.2, 0) is 15.1 Å². The first-order valence-corrected chi connectivity index (χ1v) is 9.42. The fourth-order valence-electron chi connectivity index (χ4n) is 3.70. The van der Waals surface area contributed by atoms with E-state index in [0.29, 0.717) is 35.6 Å². The third-order valence-electron chi connectivity index (χ3n) is 5.03. The maximum atomic E-state index is 13.2. The Morgan fingerprint density at radius 3 is 2.66 bits per heavy atom. The molecule has 0 bridgehead atoms. The van der Waals surface area contributed by atoms with Crippen molar-refractivity contribution in [3.05, 3.63) is 54.1 Å². The first kappa shape index (κ1) is 18.8. The van der Waals surface area contributed by atoms with Crippen LogP contribution in [0.4, 0.5) is 10.5 Å². The minimum atomic E-state index is -1.15. The largest absolute Gasteiger partial charge is 0.454 e. The van der Waals surface area contributed by atoms with E-state index in [1.165, 1.54) is 0 Å². The molecule has 2 aliphatic rings. The zero-order chi connectivity index (χ0) is 20.4. The highest BCUT2D eigenvalue weighted by molar-refractivity contribution is 6.10. The molecule has 1 saturated heterocycles. The van der Waals surface area contributed by atoms with E-state index < -0.39 is 23.4 Å². The smallest absolute Gasteiger partial charge is 0.325 e. The molecule has 4 rings (SSSR count). The van der Waals surface area contributed by atoms with Gasteiger partial charge in [-0.25, -0.2) is 4.79 Å². The zero-order valence-electron chi connectivity index (χ0n) is 15.9. The maximum absolute atomic E-state index is 13.2. The molecule has 4 amide bonds. The lowest BCUT2D eigenvalue weighted by atomic mass is 9.85. The Balaban J connectivity index is 1.50. The van der Waals surface area contributed by atoms with Crippen LogP contribution >= 0.6 is 0 Å². The molecule has 0 aromatic heterocycles. The Kier molecular flexibility index (Phi) is 4.84. The Morgan fingerprint density at radius 1 is 1.14 bits per heavy atom. The Hall–Kier alpha value is -3.55. The number of amides is 4. The quantitative estimate of drug-likeness (QED) is 0.733. The molecular weight excluding hydrogens is 374 g/mol. The summed E-state index contributed by atoms with van der Waals surface area (Å²) < 4.78 is 10.5. The van der Waals surface area contributed by atoms with E-state index in [1.807, 2.05) is 37.3 Å². The summed E-state index contributed by atoms with van der Waals surface area (Å²) in [5.41, 5.74) is 0.0552. The normalized spacial score (nSPS) is 20.0. The lowest BCUT2D eigenvalue weighted by molar-refractivity contribution is -0.134. The lowest BCUT2D eigenvalue weighted by Gasteiger charge is -2.26. The molecule has 150 valence electrons. The second-order valence-corrected chi connectivity index (χ2v) is 6.96. The summed E-state index contributed by atoms with van der Waals surface area (Å²) >= 11 is 0. The van der Waals surface area contributed by atoms with Crippen LogP contribution in [0.2, 0.25) is 0 Å². The van der Waals surface area contributed by atoms with Crippen molar-refractivity contribution in [1.29, 1.82) is 0 Å². The van der Waals surface area contributed by atoms with Gasteiger partial charge in [0.05, 0.1) is 0 Å². The first-order chi connectivity index (χ1) is 14.0. The summed E-state index contributed by atoms with van der Waals surface area (Å²) in [6.07, 6.45) is 1.14. The molecule has 29 heavy (non-hydrogen) atoms. The molecule has 0 radical (unpaired) electrons. The van der Waals surface area contributed by atoms with Crippen LogP contribution in [0.25, 0.3) is 0 Å². The van der Waals surface area contributed by atoms with Gasteiger partial charge in [-0.3, -0.25) is 14.5 Å². The molecule has 2 N–H and O–H groups in total. The number of anilines is 1. The summed E-state index contributed by atoms with van der Waals surface area (Å²) in [7, 11) is 0. The van der Waals surface area contributed by atoms with Crippen LogP contribution in [0, 0.1) is 0 Å². The Labute approximate surface area is 167 Å². The van der Waals surface area contributed by atoms with Crippen molar-refractivity contribution in [1.82, 2.24) is 10.2 Å². The molecule has 2 heterocycles. The van der Waals surface area contributed by atoms with Gasteiger partial charge in [0.25, 0.3) is 5.91 Å². The predicted octanol–water partition coefficient (Wildman–Crippen LogP) is 2.60. The van der Waals surface area contributed by atoms with Gasteiger partial charge in [-0.05, 0) is 24.1 Å². The van der Waals surface area contributed by atoms with Gasteiger partial charge in [-0.15, -0.1) is 0 Å². The van der Waals surface area contributed by atoms with Crippen LogP contribution in [0.1, 0.15) is 25.3 Å². The number of benzene rings is 2. The Morgan fingerprint density at radius 2 is 1.90 bits per heavy atom. The van der Waals surface area contributed by atoms with Crippen molar-refractivity contribution >= 4 is 23.5 Å². The Bertz CT molecular complexity index is 962. The van der Waals surface area contributed by atoms with Crippen molar-refractivity contribution in [2.75, 3.05) is 18.7 Å². The van der Waals surface area contributed by atoms with E-state index in [1.54, 1.807) is 18.2 Å². The van der Waals surface area contributed by atoms with Crippen molar-refractivity contribution in [3.63, 3.8) is 0 Å². The van der Waals surface area contributed by atoms with Crippen LogP contribution in [-0.4, -0.2) is 36.1 Å². The number of hydrogen-bond donors (Lipinski definition) is 2. The van der Waals surface area contributed by atoms with Crippen LogP contribution in [0.3, 0.4) is 0 Å². The van der Waals surface area contributed by atoms with Crippen LogP contribution in [0.5, 0.6) is 11.5 Å². The fourth-order valence-corrected chi connectivity index (χ4v) is 3.70. The van der Waals surface area contributed by atoms with E-state index in [-0.39, 0.29) is 13.3 Å². The van der Waals surface area contributed by atoms with E-state index >= 15 is 0 Å². The van der Waals surface area contributed by atoms with Crippen molar-refractivity contribution in [3.8, 4) is 11.5 Å². The summed E-state index contributed by atoms with van der Waals surface area (Å²) in [6, 6.07) is 13.5. The minimum absolute atomic E-state index is 0.133. The fraction of sp³-hybridized carbons (Fsp3) is 0.286. The second-order valence-electron chi connectivity index (χ2n) is 6.96. The number of fused-ring (bicyclic) bond motifs is 1. The predicted molar refractivity (Wildman–Crippen MR) is 104 cm³/mol. The highest BCUT2D eigenvalue weighted by atomic mass is 16.7. The summed E-state index contributed by atoms with van der Waals surface area (Å²) in [5.74, 6) is 0.234. The molecule has 8 nitrogen and oxygen atoms in total. The van der Waals surface area contributed by atoms with Crippen LogP contribution in [0.15, 0.2) is 48.5 Å². The van der Waals surface area contributed by atoms with Crippen LogP contribution < -0.4 is 20.1 Å². The van der Waals surface area contributed by atoms with E-state index in [9.17, 15) is 14.4 Å².